The van der Waals surface area contributed by atoms with E-state index in [0.717, 1.165) is 12.1 Å². The molecule has 0 unspecified atom stereocenters. The molecule has 0 aliphatic rings. The molecule has 3 rings (SSSR count). The van der Waals surface area contributed by atoms with Crippen LogP contribution in [0.25, 0.3) is 0 Å². The number of anilines is 2. The topological polar surface area (TPSA) is 58.1 Å². The number of amides is 1. The molecule has 1 amide bonds. The van der Waals surface area contributed by atoms with Gasteiger partial charge < -0.3 is 10.2 Å². The van der Waals surface area contributed by atoms with Crippen molar-refractivity contribution >= 4 is 17.5 Å². The highest BCUT2D eigenvalue weighted by molar-refractivity contribution is 5.92. The lowest BCUT2D eigenvalue weighted by atomic mass is 10.1. The maximum atomic E-state index is 12.4. The van der Waals surface area contributed by atoms with E-state index in [4.69, 9.17) is 0 Å². The molecule has 0 aliphatic carbocycles. The summed E-state index contributed by atoms with van der Waals surface area (Å²) >= 11 is 0. The smallest absolute Gasteiger partial charge is 0.270 e. The van der Waals surface area contributed by atoms with Gasteiger partial charge >= 0.3 is 0 Å². The molecular weight excluding hydrogens is 324 g/mol. The Hall–Kier alpha value is -3.21. The fourth-order valence-corrected chi connectivity index (χ4v) is 2.71. The van der Waals surface area contributed by atoms with Gasteiger partial charge in [-0.1, -0.05) is 48.5 Å². The van der Waals surface area contributed by atoms with Crippen molar-refractivity contribution in [2.75, 3.05) is 18.0 Å². The van der Waals surface area contributed by atoms with E-state index in [2.05, 4.69) is 15.3 Å². The van der Waals surface area contributed by atoms with Crippen molar-refractivity contribution in [2.24, 2.45) is 0 Å². The standard InChI is InChI=1S/C21H22N4O/c1-2-25(18-11-7-4-8-12-18)21-23-16-14-19(24-21)20(26)22-15-13-17-9-5-3-6-10-17/h3-12,14,16H,2,13,15H2,1H3,(H,22,26). The van der Waals surface area contributed by atoms with Gasteiger partial charge in [-0.2, -0.15) is 0 Å². The van der Waals surface area contributed by atoms with E-state index in [1.54, 1.807) is 12.3 Å². The molecule has 0 saturated carbocycles. The molecule has 1 aromatic heterocycles. The van der Waals surface area contributed by atoms with Crippen molar-refractivity contribution in [1.82, 2.24) is 15.3 Å². The predicted octanol–water partition coefficient (Wildman–Crippen LogP) is 3.61. The number of hydrogen-bond donors (Lipinski definition) is 1. The molecule has 0 bridgehead atoms. The molecule has 0 radical (unpaired) electrons. The van der Waals surface area contributed by atoms with E-state index in [9.17, 15) is 4.79 Å². The van der Waals surface area contributed by atoms with Crippen LogP contribution >= 0.6 is 0 Å². The molecule has 26 heavy (non-hydrogen) atoms. The number of aromatic nitrogens is 2. The quantitative estimate of drug-likeness (QED) is 0.710. The molecule has 0 atom stereocenters. The van der Waals surface area contributed by atoms with Gasteiger partial charge in [0.05, 0.1) is 0 Å². The van der Waals surface area contributed by atoms with Gasteiger partial charge in [-0.15, -0.1) is 0 Å². The third kappa shape index (κ3) is 4.45. The highest BCUT2D eigenvalue weighted by Gasteiger charge is 2.13. The van der Waals surface area contributed by atoms with Crippen molar-refractivity contribution in [1.29, 1.82) is 0 Å². The van der Waals surface area contributed by atoms with Gasteiger partial charge in [-0.05, 0) is 37.1 Å². The molecule has 1 N–H and O–H groups in total. The summed E-state index contributed by atoms with van der Waals surface area (Å²) in [6, 6.07) is 21.6. The van der Waals surface area contributed by atoms with Crippen LogP contribution in [0.5, 0.6) is 0 Å². The Morgan fingerprint density at radius 2 is 1.69 bits per heavy atom. The largest absolute Gasteiger partial charge is 0.350 e. The highest BCUT2D eigenvalue weighted by Crippen LogP contribution is 2.20. The monoisotopic (exact) mass is 346 g/mol. The van der Waals surface area contributed by atoms with Crippen LogP contribution in [0.15, 0.2) is 72.9 Å². The molecule has 2 aromatic carbocycles. The number of para-hydroxylation sites is 1. The summed E-state index contributed by atoms with van der Waals surface area (Å²) in [5.74, 6) is 0.336. The first-order chi connectivity index (χ1) is 12.8. The van der Waals surface area contributed by atoms with Gasteiger partial charge in [0.25, 0.3) is 5.91 Å². The second-order valence-electron chi connectivity index (χ2n) is 5.81. The number of benzene rings is 2. The van der Waals surface area contributed by atoms with Crippen molar-refractivity contribution in [3.8, 4) is 0 Å². The molecule has 5 heteroatoms. The Labute approximate surface area is 153 Å². The van der Waals surface area contributed by atoms with Crippen LogP contribution in [0.3, 0.4) is 0 Å². The van der Waals surface area contributed by atoms with Gasteiger partial charge in [-0.3, -0.25) is 4.79 Å². The number of carbonyl (C=O) groups is 1. The minimum Gasteiger partial charge on any atom is -0.350 e. The van der Waals surface area contributed by atoms with Crippen LogP contribution in [0.1, 0.15) is 23.0 Å². The first kappa shape index (κ1) is 17.6. The summed E-state index contributed by atoms with van der Waals surface area (Å²) in [7, 11) is 0. The number of rotatable bonds is 7. The molecule has 132 valence electrons. The minimum atomic E-state index is -0.186. The summed E-state index contributed by atoms with van der Waals surface area (Å²) < 4.78 is 0. The maximum Gasteiger partial charge on any atom is 0.270 e. The van der Waals surface area contributed by atoms with Crippen LogP contribution in [0.4, 0.5) is 11.6 Å². The zero-order valence-electron chi connectivity index (χ0n) is 14.8. The summed E-state index contributed by atoms with van der Waals surface area (Å²) in [5, 5.41) is 2.92. The molecule has 0 fully saturated rings. The van der Waals surface area contributed by atoms with Crippen molar-refractivity contribution < 1.29 is 4.79 Å². The van der Waals surface area contributed by atoms with Crippen LogP contribution in [-0.2, 0) is 6.42 Å². The Bertz CT molecular complexity index is 837. The van der Waals surface area contributed by atoms with Gasteiger partial charge in [0.15, 0.2) is 0 Å². The lowest BCUT2D eigenvalue weighted by molar-refractivity contribution is 0.0949. The van der Waals surface area contributed by atoms with Crippen LogP contribution < -0.4 is 10.2 Å². The Morgan fingerprint density at radius 1 is 1.00 bits per heavy atom. The Kier molecular flexibility index (Phi) is 5.93. The van der Waals surface area contributed by atoms with Crippen LogP contribution in [-0.4, -0.2) is 29.0 Å². The van der Waals surface area contributed by atoms with Gasteiger partial charge in [0, 0.05) is 25.0 Å². The van der Waals surface area contributed by atoms with E-state index in [1.165, 1.54) is 5.56 Å². The second kappa shape index (κ2) is 8.76. The second-order valence-corrected chi connectivity index (χ2v) is 5.81. The Morgan fingerprint density at radius 3 is 2.38 bits per heavy atom. The average molecular weight is 346 g/mol. The van der Waals surface area contributed by atoms with Crippen LogP contribution in [0.2, 0.25) is 0 Å². The van der Waals surface area contributed by atoms with Crippen molar-refractivity contribution in [3.05, 3.63) is 84.2 Å². The molecule has 1 heterocycles. The molecular formula is C21H22N4O. The molecule has 0 aliphatic heterocycles. The maximum absolute atomic E-state index is 12.4. The highest BCUT2D eigenvalue weighted by atomic mass is 16.1. The van der Waals surface area contributed by atoms with Gasteiger partial charge in [-0.25, -0.2) is 9.97 Å². The zero-order valence-corrected chi connectivity index (χ0v) is 14.8. The molecule has 3 aromatic rings. The third-order valence-corrected chi connectivity index (χ3v) is 4.04. The minimum absolute atomic E-state index is 0.186. The van der Waals surface area contributed by atoms with Crippen LogP contribution in [0, 0.1) is 0 Å². The lowest BCUT2D eigenvalue weighted by Gasteiger charge is -2.21. The summed E-state index contributed by atoms with van der Waals surface area (Å²) in [5.41, 5.74) is 2.56. The molecule has 0 saturated heterocycles. The predicted molar refractivity (Wildman–Crippen MR) is 104 cm³/mol. The molecule has 0 spiro atoms. The van der Waals surface area contributed by atoms with E-state index in [-0.39, 0.29) is 5.91 Å². The number of nitrogens with one attached hydrogen (secondary N) is 1. The number of nitrogens with zero attached hydrogens (tertiary/aromatic N) is 3. The zero-order chi connectivity index (χ0) is 18.2. The number of hydrogen-bond acceptors (Lipinski definition) is 4. The first-order valence-corrected chi connectivity index (χ1v) is 8.75. The third-order valence-electron chi connectivity index (χ3n) is 4.04. The van der Waals surface area contributed by atoms with E-state index < -0.39 is 0 Å². The normalized spacial score (nSPS) is 10.3. The Balaban J connectivity index is 1.67. The van der Waals surface area contributed by atoms with Gasteiger partial charge in [0.2, 0.25) is 5.95 Å². The van der Waals surface area contributed by atoms with Gasteiger partial charge in [0.1, 0.15) is 5.69 Å². The fraction of sp³-hybridized carbons (Fsp3) is 0.190. The summed E-state index contributed by atoms with van der Waals surface area (Å²) in [4.78, 5) is 23.2. The van der Waals surface area contributed by atoms with Crippen molar-refractivity contribution in [3.63, 3.8) is 0 Å². The first-order valence-electron chi connectivity index (χ1n) is 8.75. The lowest BCUT2D eigenvalue weighted by Crippen LogP contribution is -2.27. The summed E-state index contributed by atoms with van der Waals surface area (Å²) in [6.45, 7) is 3.31. The van der Waals surface area contributed by atoms with E-state index in [1.807, 2.05) is 72.5 Å². The molecule has 5 nitrogen and oxygen atoms in total. The number of carbonyl (C=O) groups excluding carboxylic acids is 1. The summed E-state index contributed by atoms with van der Waals surface area (Å²) in [6.07, 6.45) is 2.41. The SMILES string of the molecule is CCN(c1ccccc1)c1nccc(C(=O)NCCc2ccccc2)n1. The van der Waals surface area contributed by atoms with E-state index in [0.29, 0.717) is 24.7 Å². The van der Waals surface area contributed by atoms with Crippen molar-refractivity contribution in [2.45, 2.75) is 13.3 Å². The van der Waals surface area contributed by atoms with E-state index >= 15 is 0 Å². The fourth-order valence-electron chi connectivity index (χ4n) is 2.71. The average Bonchev–Trinajstić information content (AvgIpc) is 2.70.